The molecule has 0 saturated carbocycles. The summed E-state index contributed by atoms with van der Waals surface area (Å²) >= 11 is 0. The molecule has 0 spiro atoms. The molecule has 0 aliphatic carbocycles. The fraction of sp³-hybridized carbons (Fsp3) is 0.500. The first-order chi connectivity index (χ1) is 7.63. The van der Waals surface area contributed by atoms with Crippen LogP contribution in [0.3, 0.4) is 0 Å². The van der Waals surface area contributed by atoms with Crippen molar-refractivity contribution < 1.29 is 0 Å². The Morgan fingerprint density at radius 1 is 1.19 bits per heavy atom. The van der Waals surface area contributed by atoms with Gasteiger partial charge in [-0.3, -0.25) is 0 Å². The SMILES string of the molecule is CC(C)CCNC(C)c1ccc(C#N)cc1. The Labute approximate surface area is 98.3 Å². The summed E-state index contributed by atoms with van der Waals surface area (Å²) in [4.78, 5) is 0. The third-order valence-corrected chi connectivity index (χ3v) is 2.71. The Morgan fingerprint density at radius 3 is 2.31 bits per heavy atom. The van der Waals surface area contributed by atoms with Gasteiger partial charge in [-0.15, -0.1) is 0 Å². The maximum absolute atomic E-state index is 8.70. The van der Waals surface area contributed by atoms with E-state index in [9.17, 15) is 0 Å². The van der Waals surface area contributed by atoms with Gasteiger partial charge in [0.25, 0.3) is 0 Å². The Kier molecular flexibility index (Phi) is 5.01. The van der Waals surface area contributed by atoms with E-state index in [1.807, 2.05) is 24.3 Å². The molecule has 86 valence electrons. The van der Waals surface area contributed by atoms with Gasteiger partial charge in [-0.1, -0.05) is 26.0 Å². The molecule has 0 aromatic heterocycles. The highest BCUT2D eigenvalue weighted by molar-refractivity contribution is 5.32. The summed E-state index contributed by atoms with van der Waals surface area (Å²) in [6.07, 6.45) is 1.20. The summed E-state index contributed by atoms with van der Waals surface area (Å²) in [6.45, 7) is 7.66. The van der Waals surface area contributed by atoms with Crippen LogP contribution in [0.5, 0.6) is 0 Å². The molecule has 0 aliphatic heterocycles. The summed E-state index contributed by atoms with van der Waals surface area (Å²) in [5, 5.41) is 12.2. The molecule has 1 aromatic rings. The lowest BCUT2D eigenvalue weighted by Crippen LogP contribution is -2.20. The zero-order valence-corrected chi connectivity index (χ0v) is 10.3. The minimum atomic E-state index is 0.353. The maximum atomic E-state index is 8.70. The van der Waals surface area contributed by atoms with Gasteiger partial charge in [0, 0.05) is 6.04 Å². The fourth-order valence-electron chi connectivity index (χ4n) is 1.55. The molecule has 0 radical (unpaired) electrons. The van der Waals surface area contributed by atoms with E-state index in [4.69, 9.17) is 5.26 Å². The van der Waals surface area contributed by atoms with Crippen molar-refractivity contribution >= 4 is 0 Å². The van der Waals surface area contributed by atoms with E-state index in [1.54, 1.807) is 0 Å². The van der Waals surface area contributed by atoms with Crippen molar-refractivity contribution in [3.63, 3.8) is 0 Å². The normalized spacial score (nSPS) is 12.4. The molecular formula is C14H20N2. The summed E-state index contributed by atoms with van der Waals surface area (Å²) < 4.78 is 0. The summed E-state index contributed by atoms with van der Waals surface area (Å²) in [7, 11) is 0. The topological polar surface area (TPSA) is 35.8 Å². The molecule has 16 heavy (non-hydrogen) atoms. The second kappa shape index (κ2) is 6.30. The molecule has 1 N–H and O–H groups in total. The standard InChI is InChI=1S/C14H20N2/c1-11(2)8-9-16-12(3)14-6-4-13(10-15)5-7-14/h4-7,11-12,16H,8-9H2,1-3H3. The van der Waals surface area contributed by atoms with Crippen LogP contribution in [-0.2, 0) is 0 Å². The van der Waals surface area contributed by atoms with Crippen molar-refractivity contribution in [1.82, 2.24) is 5.32 Å². The quantitative estimate of drug-likeness (QED) is 0.820. The highest BCUT2D eigenvalue weighted by Gasteiger charge is 2.04. The van der Waals surface area contributed by atoms with Crippen molar-refractivity contribution in [2.45, 2.75) is 33.2 Å². The van der Waals surface area contributed by atoms with Crippen LogP contribution in [0.15, 0.2) is 24.3 Å². The Morgan fingerprint density at radius 2 is 1.81 bits per heavy atom. The second-order valence-corrected chi connectivity index (χ2v) is 4.59. The van der Waals surface area contributed by atoms with Crippen molar-refractivity contribution in [2.75, 3.05) is 6.54 Å². The lowest BCUT2D eigenvalue weighted by Gasteiger charge is -2.15. The minimum absolute atomic E-state index is 0.353. The second-order valence-electron chi connectivity index (χ2n) is 4.59. The van der Waals surface area contributed by atoms with E-state index in [2.05, 4.69) is 32.2 Å². The number of benzene rings is 1. The van der Waals surface area contributed by atoms with Crippen molar-refractivity contribution in [3.8, 4) is 6.07 Å². The zero-order chi connectivity index (χ0) is 12.0. The van der Waals surface area contributed by atoms with E-state index in [0.717, 1.165) is 18.0 Å². The van der Waals surface area contributed by atoms with E-state index < -0.39 is 0 Å². The first-order valence-electron chi connectivity index (χ1n) is 5.87. The van der Waals surface area contributed by atoms with Gasteiger partial charge in [0.05, 0.1) is 11.6 Å². The largest absolute Gasteiger partial charge is 0.310 e. The van der Waals surface area contributed by atoms with Gasteiger partial charge in [-0.25, -0.2) is 0 Å². The van der Waals surface area contributed by atoms with E-state index >= 15 is 0 Å². The van der Waals surface area contributed by atoms with Gasteiger partial charge < -0.3 is 5.32 Å². The molecule has 1 unspecified atom stereocenters. The molecule has 1 atom stereocenters. The number of hydrogen-bond acceptors (Lipinski definition) is 2. The minimum Gasteiger partial charge on any atom is -0.310 e. The van der Waals surface area contributed by atoms with Gasteiger partial charge in [0.2, 0.25) is 0 Å². The fourth-order valence-corrected chi connectivity index (χ4v) is 1.55. The van der Waals surface area contributed by atoms with Gasteiger partial charge in [0.15, 0.2) is 0 Å². The summed E-state index contributed by atoms with van der Waals surface area (Å²) in [5.74, 6) is 0.737. The number of nitrogens with one attached hydrogen (secondary N) is 1. The van der Waals surface area contributed by atoms with E-state index in [0.29, 0.717) is 6.04 Å². The molecule has 0 saturated heterocycles. The highest BCUT2D eigenvalue weighted by Crippen LogP contribution is 2.13. The molecule has 2 nitrogen and oxygen atoms in total. The number of rotatable bonds is 5. The average Bonchev–Trinajstić information content (AvgIpc) is 2.28. The van der Waals surface area contributed by atoms with Crippen LogP contribution in [0, 0.1) is 17.2 Å². The van der Waals surface area contributed by atoms with Gasteiger partial charge in [0.1, 0.15) is 0 Å². The summed E-state index contributed by atoms with van der Waals surface area (Å²) in [5.41, 5.74) is 1.96. The van der Waals surface area contributed by atoms with Crippen molar-refractivity contribution in [2.24, 2.45) is 5.92 Å². The van der Waals surface area contributed by atoms with E-state index in [1.165, 1.54) is 12.0 Å². The first-order valence-corrected chi connectivity index (χ1v) is 5.87. The smallest absolute Gasteiger partial charge is 0.0991 e. The molecule has 0 heterocycles. The molecule has 0 aliphatic rings. The van der Waals surface area contributed by atoms with Gasteiger partial charge in [-0.2, -0.15) is 5.26 Å². The molecule has 2 heteroatoms. The molecule has 0 amide bonds. The Bertz CT molecular complexity index is 346. The van der Waals surface area contributed by atoms with E-state index in [-0.39, 0.29) is 0 Å². The maximum Gasteiger partial charge on any atom is 0.0991 e. The van der Waals surface area contributed by atoms with Crippen LogP contribution in [0.2, 0.25) is 0 Å². The number of hydrogen-bond donors (Lipinski definition) is 1. The third kappa shape index (κ3) is 4.04. The first kappa shape index (κ1) is 12.7. The highest BCUT2D eigenvalue weighted by atomic mass is 14.9. The summed E-state index contributed by atoms with van der Waals surface area (Å²) in [6, 6.07) is 10.3. The van der Waals surface area contributed by atoms with Crippen molar-refractivity contribution in [3.05, 3.63) is 35.4 Å². The molecule has 1 rings (SSSR count). The molecule has 1 aromatic carbocycles. The van der Waals surface area contributed by atoms with Crippen LogP contribution in [-0.4, -0.2) is 6.54 Å². The van der Waals surface area contributed by atoms with Crippen LogP contribution < -0.4 is 5.32 Å². The molecule has 0 bridgehead atoms. The lowest BCUT2D eigenvalue weighted by atomic mass is 10.1. The van der Waals surface area contributed by atoms with Crippen LogP contribution in [0.4, 0.5) is 0 Å². The van der Waals surface area contributed by atoms with Crippen LogP contribution in [0.1, 0.15) is 44.4 Å². The van der Waals surface area contributed by atoms with Crippen LogP contribution >= 0.6 is 0 Å². The monoisotopic (exact) mass is 216 g/mol. The zero-order valence-electron chi connectivity index (χ0n) is 10.3. The molecular weight excluding hydrogens is 196 g/mol. The predicted molar refractivity (Wildman–Crippen MR) is 67.0 cm³/mol. The molecule has 0 fully saturated rings. The Hall–Kier alpha value is -1.33. The van der Waals surface area contributed by atoms with Gasteiger partial charge >= 0.3 is 0 Å². The average molecular weight is 216 g/mol. The Balaban J connectivity index is 2.47. The van der Waals surface area contributed by atoms with Gasteiger partial charge in [-0.05, 0) is 43.5 Å². The third-order valence-electron chi connectivity index (χ3n) is 2.71. The predicted octanol–water partition coefficient (Wildman–Crippen LogP) is 3.25. The van der Waals surface area contributed by atoms with Crippen LogP contribution in [0.25, 0.3) is 0 Å². The lowest BCUT2D eigenvalue weighted by molar-refractivity contribution is 0.497. The van der Waals surface area contributed by atoms with Crippen molar-refractivity contribution in [1.29, 1.82) is 5.26 Å². The number of nitriles is 1. The number of nitrogens with zero attached hydrogens (tertiary/aromatic N) is 1.